The summed E-state index contributed by atoms with van der Waals surface area (Å²) in [5, 5.41) is 6.22. The maximum atomic E-state index is 13.4. The Kier molecular flexibility index (Phi) is 6.94. The summed E-state index contributed by atoms with van der Waals surface area (Å²) in [7, 11) is 0. The molecule has 1 aliphatic heterocycles. The van der Waals surface area contributed by atoms with Crippen molar-refractivity contribution in [1.29, 1.82) is 0 Å². The molecule has 0 unspecified atom stereocenters. The second-order valence-electron chi connectivity index (χ2n) is 7.63. The van der Waals surface area contributed by atoms with Gasteiger partial charge in [0, 0.05) is 30.9 Å². The molecule has 0 radical (unpaired) electrons. The van der Waals surface area contributed by atoms with E-state index < -0.39 is 11.7 Å². The Morgan fingerprint density at radius 1 is 1.03 bits per heavy atom. The monoisotopic (exact) mass is 453 g/mol. The first kappa shape index (κ1) is 22.1. The van der Waals surface area contributed by atoms with E-state index in [1.807, 2.05) is 31.2 Å². The maximum absolute atomic E-state index is 13.4. The quantitative estimate of drug-likeness (QED) is 0.575. The summed E-state index contributed by atoms with van der Waals surface area (Å²) in [4.78, 5) is 28.1. The average molecular weight is 454 g/mol. The first-order chi connectivity index (χ1) is 15.5. The van der Waals surface area contributed by atoms with Gasteiger partial charge in [-0.2, -0.15) is 0 Å². The van der Waals surface area contributed by atoms with Crippen LogP contribution in [0.3, 0.4) is 0 Å². The lowest BCUT2D eigenvalue weighted by Gasteiger charge is -2.26. The van der Waals surface area contributed by atoms with E-state index in [9.17, 15) is 14.0 Å². The van der Waals surface area contributed by atoms with Crippen LogP contribution in [-0.4, -0.2) is 43.0 Å². The van der Waals surface area contributed by atoms with Crippen LogP contribution < -0.4 is 10.6 Å². The van der Waals surface area contributed by atoms with Crippen LogP contribution in [0.5, 0.6) is 0 Å². The number of aryl methyl sites for hydroxylation is 1. The van der Waals surface area contributed by atoms with Gasteiger partial charge in [-0.25, -0.2) is 4.39 Å². The zero-order chi connectivity index (χ0) is 22.5. The predicted molar refractivity (Wildman–Crippen MR) is 124 cm³/mol. The standard InChI is InChI=1S/C24H24FN3O3S/c1-16-12-21(27-23(29)18-5-3-6-19(25)14-18)32-22(16)24(30)26-20-7-2-4-17(13-20)15-28-8-10-31-11-9-28/h2-7,12-14H,8-11,15H2,1H3,(H,26,30)(H,27,29). The topological polar surface area (TPSA) is 70.7 Å². The van der Waals surface area contributed by atoms with Gasteiger partial charge in [-0.3, -0.25) is 14.5 Å². The van der Waals surface area contributed by atoms with Crippen molar-refractivity contribution in [1.82, 2.24) is 4.90 Å². The molecular weight excluding hydrogens is 429 g/mol. The van der Waals surface area contributed by atoms with E-state index in [-0.39, 0.29) is 11.5 Å². The minimum Gasteiger partial charge on any atom is -0.379 e. The molecule has 1 fully saturated rings. The molecule has 2 heterocycles. The van der Waals surface area contributed by atoms with Crippen molar-refractivity contribution in [3.63, 3.8) is 0 Å². The third kappa shape index (κ3) is 5.59. The van der Waals surface area contributed by atoms with Crippen LogP contribution in [-0.2, 0) is 11.3 Å². The third-order valence-electron chi connectivity index (χ3n) is 5.14. The molecule has 0 spiro atoms. The van der Waals surface area contributed by atoms with E-state index in [1.54, 1.807) is 6.07 Å². The molecule has 3 aromatic rings. The molecule has 0 aliphatic carbocycles. The Hall–Kier alpha value is -3.07. The molecule has 0 saturated carbocycles. The summed E-state index contributed by atoms with van der Waals surface area (Å²) >= 11 is 1.19. The first-order valence-electron chi connectivity index (χ1n) is 10.4. The van der Waals surface area contributed by atoms with E-state index in [0.29, 0.717) is 9.88 Å². The number of halogens is 1. The molecule has 166 valence electrons. The van der Waals surface area contributed by atoms with Crippen molar-refractivity contribution >= 4 is 33.8 Å². The van der Waals surface area contributed by atoms with Gasteiger partial charge in [0.15, 0.2) is 0 Å². The van der Waals surface area contributed by atoms with Gasteiger partial charge in [0.05, 0.1) is 23.1 Å². The highest BCUT2D eigenvalue weighted by atomic mass is 32.1. The van der Waals surface area contributed by atoms with Gasteiger partial charge < -0.3 is 15.4 Å². The number of hydrogen-bond donors (Lipinski definition) is 2. The van der Waals surface area contributed by atoms with Crippen LogP contribution in [0.4, 0.5) is 15.1 Å². The Balaban J connectivity index is 1.41. The third-order valence-corrected chi connectivity index (χ3v) is 6.29. The fourth-order valence-electron chi connectivity index (χ4n) is 3.54. The molecule has 2 amide bonds. The molecule has 0 bridgehead atoms. The van der Waals surface area contributed by atoms with Crippen LogP contribution in [0.2, 0.25) is 0 Å². The number of amides is 2. The fraction of sp³-hybridized carbons (Fsp3) is 0.250. The smallest absolute Gasteiger partial charge is 0.266 e. The second kappa shape index (κ2) is 10.0. The highest BCUT2D eigenvalue weighted by molar-refractivity contribution is 7.18. The minimum absolute atomic E-state index is 0.221. The molecule has 1 aromatic heterocycles. The van der Waals surface area contributed by atoms with Crippen LogP contribution >= 0.6 is 11.3 Å². The number of thiophene rings is 1. The molecular formula is C24H24FN3O3S. The van der Waals surface area contributed by atoms with Gasteiger partial charge in [-0.15, -0.1) is 11.3 Å². The predicted octanol–water partition coefficient (Wildman–Crippen LogP) is 4.53. The van der Waals surface area contributed by atoms with Gasteiger partial charge in [0.25, 0.3) is 11.8 Å². The molecule has 2 aromatic carbocycles. The van der Waals surface area contributed by atoms with E-state index in [2.05, 4.69) is 15.5 Å². The summed E-state index contributed by atoms with van der Waals surface area (Å²) < 4.78 is 18.8. The van der Waals surface area contributed by atoms with Gasteiger partial charge in [0.2, 0.25) is 0 Å². The number of morpholine rings is 1. The van der Waals surface area contributed by atoms with Crippen molar-refractivity contribution in [2.75, 3.05) is 36.9 Å². The molecule has 6 nitrogen and oxygen atoms in total. The molecule has 1 aliphatic rings. The molecule has 1 saturated heterocycles. The number of hydrogen-bond acceptors (Lipinski definition) is 5. The summed E-state index contributed by atoms with van der Waals surface area (Å²) in [6, 6.07) is 15.0. The van der Waals surface area contributed by atoms with Gasteiger partial charge in [-0.05, 0) is 54.4 Å². The van der Waals surface area contributed by atoms with Crippen molar-refractivity contribution in [3.05, 3.63) is 82.0 Å². The number of carbonyl (C=O) groups is 2. The summed E-state index contributed by atoms with van der Waals surface area (Å²) in [5.41, 5.74) is 2.82. The first-order valence-corrected chi connectivity index (χ1v) is 11.2. The lowest BCUT2D eigenvalue weighted by Crippen LogP contribution is -2.35. The van der Waals surface area contributed by atoms with Crippen LogP contribution in [0.15, 0.2) is 54.6 Å². The highest BCUT2D eigenvalue weighted by Crippen LogP contribution is 2.28. The van der Waals surface area contributed by atoms with Gasteiger partial charge in [0.1, 0.15) is 5.82 Å². The number of carbonyl (C=O) groups excluding carboxylic acids is 2. The van der Waals surface area contributed by atoms with Crippen molar-refractivity contribution in [2.45, 2.75) is 13.5 Å². The lowest BCUT2D eigenvalue weighted by atomic mass is 10.1. The van der Waals surface area contributed by atoms with Crippen LogP contribution in [0, 0.1) is 12.7 Å². The Morgan fingerprint density at radius 2 is 1.81 bits per heavy atom. The normalized spacial score (nSPS) is 14.2. The number of rotatable bonds is 6. The van der Waals surface area contributed by atoms with E-state index in [0.717, 1.165) is 49.7 Å². The molecule has 4 rings (SSSR count). The number of anilines is 2. The van der Waals surface area contributed by atoms with Crippen LogP contribution in [0.1, 0.15) is 31.2 Å². The summed E-state index contributed by atoms with van der Waals surface area (Å²) in [6.45, 7) is 5.90. The Bertz CT molecular complexity index is 1130. The van der Waals surface area contributed by atoms with Gasteiger partial charge in [-0.1, -0.05) is 18.2 Å². The summed E-state index contributed by atoms with van der Waals surface area (Å²) in [5.74, 6) is -1.13. The van der Waals surface area contributed by atoms with E-state index in [4.69, 9.17) is 4.74 Å². The van der Waals surface area contributed by atoms with Crippen molar-refractivity contribution in [2.24, 2.45) is 0 Å². The molecule has 2 N–H and O–H groups in total. The van der Waals surface area contributed by atoms with E-state index in [1.165, 1.54) is 35.6 Å². The zero-order valence-electron chi connectivity index (χ0n) is 17.7. The largest absolute Gasteiger partial charge is 0.379 e. The number of nitrogens with zero attached hydrogens (tertiary/aromatic N) is 1. The van der Waals surface area contributed by atoms with Gasteiger partial charge >= 0.3 is 0 Å². The minimum atomic E-state index is -0.476. The van der Waals surface area contributed by atoms with E-state index >= 15 is 0 Å². The molecule has 8 heteroatoms. The SMILES string of the molecule is Cc1cc(NC(=O)c2cccc(F)c2)sc1C(=O)Nc1cccc(CN2CCOCC2)c1. The highest BCUT2D eigenvalue weighted by Gasteiger charge is 2.17. The average Bonchev–Trinajstić information content (AvgIpc) is 3.15. The number of benzene rings is 2. The second-order valence-corrected chi connectivity index (χ2v) is 8.68. The fourth-order valence-corrected chi connectivity index (χ4v) is 4.50. The summed E-state index contributed by atoms with van der Waals surface area (Å²) in [6.07, 6.45) is 0. The number of nitrogens with one attached hydrogen (secondary N) is 2. The molecule has 0 atom stereocenters. The van der Waals surface area contributed by atoms with Crippen LogP contribution in [0.25, 0.3) is 0 Å². The Morgan fingerprint density at radius 3 is 2.59 bits per heavy atom. The zero-order valence-corrected chi connectivity index (χ0v) is 18.5. The van der Waals surface area contributed by atoms with Crippen molar-refractivity contribution < 1.29 is 18.7 Å². The van der Waals surface area contributed by atoms with Crippen molar-refractivity contribution in [3.8, 4) is 0 Å². The number of ether oxygens (including phenoxy) is 1. The maximum Gasteiger partial charge on any atom is 0.266 e. The molecule has 32 heavy (non-hydrogen) atoms. The Labute approximate surface area is 190 Å². The lowest BCUT2D eigenvalue weighted by molar-refractivity contribution is 0.0342.